The Bertz CT molecular complexity index is 1140. The van der Waals surface area contributed by atoms with Gasteiger partial charge in [0, 0.05) is 38.3 Å². The number of methoxy groups -OCH3 is 1. The highest BCUT2D eigenvalue weighted by Crippen LogP contribution is 2.28. The Hall–Kier alpha value is -2.58. The van der Waals surface area contributed by atoms with Gasteiger partial charge in [-0.3, -0.25) is 4.79 Å². The molecular weight excluding hydrogens is 474 g/mol. The van der Waals surface area contributed by atoms with E-state index >= 15 is 0 Å². The summed E-state index contributed by atoms with van der Waals surface area (Å²) in [5.74, 6) is 1.24. The first-order valence-electron chi connectivity index (χ1n) is 13.1. The van der Waals surface area contributed by atoms with Crippen LogP contribution in [-0.2, 0) is 21.2 Å². The summed E-state index contributed by atoms with van der Waals surface area (Å²) in [5, 5.41) is 3.08. The van der Waals surface area contributed by atoms with Gasteiger partial charge in [-0.15, -0.1) is 0 Å². The molecule has 0 spiro atoms. The summed E-state index contributed by atoms with van der Waals surface area (Å²) in [4.78, 5) is 15.5. The highest BCUT2D eigenvalue weighted by Gasteiger charge is 2.28. The normalized spacial score (nSPS) is 19.8. The molecule has 0 aliphatic carbocycles. The minimum Gasteiger partial charge on any atom is -0.496 e. The third kappa shape index (κ3) is 6.21. The van der Waals surface area contributed by atoms with Crippen molar-refractivity contribution in [2.45, 2.75) is 63.3 Å². The molecule has 2 aliphatic heterocycles. The molecule has 1 amide bonds. The SMILES string of the molecule is COc1ccc(S(=O)(=O)N2CCCC2)cc1CCC(=O)N[C@@H](C)c1ccc(N2CCC[C@H](C)C2)cc1. The van der Waals surface area contributed by atoms with E-state index in [1.54, 1.807) is 25.3 Å². The van der Waals surface area contributed by atoms with Crippen LogP contribution in [0.3, 0.4) is 0 Å². The molecule has 0 bridgehead atoms. The quantitative estimate of drug-likeness (QED) is 0.533. The van der Waals surface area contributed by atoms with Crippen molar-refractivity contribution in [3.05, 3.63) is 53.6 Å². The number of rotatable bonds is 9. The van der Waals surface area contributed by atoms with E-state index in [4.69, 9.17) is 4.74 Å². The largest absolute Gasteiger partial charge is 0.496 e. The van der Waals surface area contributed by atoms with Crippen LogP contribution in [-0.4, -0.2) is 51.9 Å². The van der Waals surface area contributed by atoms with Crippen molar-refractivity contribution >= 4 is 21.6 Å². The Morgan fingerprint density at radius 2 is 1.81 bits per heavy atom. The van der Waals surface area contributed by atoms with Crippen molar-refractivity contribution in [1.29, 1.82) is 0 Å². The molecule has 0 saturated carbocycles. The molecule has 0 unspecified atom stereocenters. The third-order valence-corrected chi connectivity index (χ3v) is 9.26. The first kappa shape index (κ1) is 26.5. The van der Waals surface area contributed by atoms with Crippen LogP contribution in [0.25, 0.3) is 0 Å². The van der Waals surface area contributed by atoms with Gasteiger partial charge in [-0.2, -0.15) is 4.31 Å². The molecular formula is C28H39N3O4S. The maximum Gasteiger partial charge on any atom is 0.243 e. The highest BCUT2D eigenvalue weighted by molar-refractivity contribution is 7.89. The Morgan fingerprint density at radius 3 is 2.47 bits per heavy atom. The summed E-state index contributed by atoms with van der Waals surface area (Å²) < 4.78 is 32.9. The number of carbonyl (C=O) groups is 1. The van der Waals surface area contributed by atoms with Crippen LogP contribution in [0, 0.1) is 5.92 Å². The second-order valence-corrected chi connectivity index (χ2v) is 12.1. The van der Waals surface area contributed by atoms with Crippen LogP contribution in [0.15, 0.2) is 47.4 Å². The zero-order valence-corrected chi connectivity index (χ0v) is 22.5. The fourth-order valence-corrected chi connectivity index (χ4v) is 6.80. The zero-order valence-electron chi connectivity index (χ0n) is 21.7. The van der Waals surface area contributed by atoms with Crippen LogP contribution in [0.2, 0.25) is 0 Å². The smallest absolute Gasteiger partial charge is 0.243 e. The maximum atomic E-state index is 13.0. The molecule has 0 aromatic heterocycles. The molecule has 1 N–H and O–H groups in total. The van der Waals surface area contributed by atoms with E-state index in [1.807, 2.05) is 6.92 Å². The minimum absolute atomic E-state index is 0.0775. The van der Waals surface area contributed by atoms with Gasteiger partial charge in [0.05, 0.1) is 18.0 Å². The van der Waals surface area contributed by atoms with Crippen molar-refractivity contribution in [2.75, 3.05) is 38.2 Å². The molecule has 2 aromatic rings. The first-order valence-corrected chi connectivity index (χ1v) is 14.5. The zero-order chi connectivity index (χ0) is 25.7. The number of hydrogen-bond donors (Lipinski definition) is 1. The Labute approximate surface area is 215 Å². The van der Waals surface area contributed by atoms with Gasteiger partial charge in [0.1, 0.15) is 5.75 Å². The summed E-state index contributed by atoms with van der Waals surface area (Å²) >= 11 is 0. The lowest BCUT2D eigenvalue weighted by Gasteiger charge is -2.33. The highest BCUT2D eigenvalue weighted by atomic mass is 32.2. The Morgan fingerprint density at radius 1 is 1.08 bits per heavy atom. The molecule has 7 nitrogen and oxygen atoms in total. The number of aryl methyl sites for hydroxylation is 1. The molecule has 2 heterocycles. The van der Waals surface area contributed by atoms with E-state index in [-0.39, 0.29) is 23.3 Å². The molecule has 4 rings (SSSR count). The molecule has 8 heteroatoms. The number of carbonyl (C=O) groups excluding carboxylic acids is 1. The third-order valence-electron chi connectivity index (χ3n) is 7.37. The molecule has 0 radical (unpaired) electrons. The van der Waals surface area contributed by atoms with Gasteiger partial charge in [-0.1, -0.05) is 19.1 Å². The van der Waals surface area contributed by atoms with Gasteiger partial charge >= 0.3 is 0 Å². The molecule has 2 atom stereocenters. The fourth-order valence-electron chi connectivity index (χ4n) is 5.23. The predicted molar refractivity (Wildman–Crippen MR) is 143 cm³/mol. The first-order chi connectivity index (χ1) is 17.3. The standard InChI is InChI=1S/C28H39N3O4S/c1-21-7-6-16-30(20-21)25-11-8-23(9-12-25)22(2)29-28(32)15-10-24-19-26(13-14-27(24)35-3)36(33,34)31-17-4-5-18-31/h8-9,11-14,19,21-22H,4-7,10,15-18,20H2,1-3H3,(H,29,32)/t21-,22-/m0/s1. The average Bonchev–Trinajstić information content (AvgIpc) is 3.43. The summed E-state index contributed by atoms with van der Waals surface area (Å²) in [6.45, 7) is 7.59. The van der Waals surface area contributed by atoms with Crippen LogP contribution in [0.5, 0.6) is 5.75 Å². The topological polar surface area (TPSA) is 79.0 Å². The van der Waals surface area contributed by atoms with Crippen LogP contribution in [0.4, 0.5) is 5.69 Å². The Kier molecular flexibility index (Phi) is 8.57. The predicted octanol–water partition coefficient (Wildman–Crippen LogP) is 4.53. The number of anilines is 1. The van der Waals surface area contributed by atoms with Gasteiger partial charge in [0.25, 0.3) is 0 Å². The lowest BCUT2D eigenvalue weighted by Crippen LogP contribution is -2.34. The van der Waals surface area contributed by atoms with E-state index in [0.29, 0.717) is 25.3 Å². The van der Waals surface area contributed by atoms with Gasteiger partial charge in [0.2, 0.25) is 15.9 Å². The van der Waals surface area contributed by atoms with Gasteiger partial charge < -0.3 is 15.0 Å². The molecule has 36 heavy (non-hydrogen) atoms. The molecule has 2 aromatic carbocycles. The number of sulfonamides is 1. The summed E-state index contributed by atoms with van der Waals surface area (Å²) in [5.41, 5.74) is 3.02. The number of nitrogens with zero attached hydrogens (tertiary/aromatic N) is 2. The number of ether oxygens (including phenoxy) is 1. The van der Waals surface area contributed by atoms with Gasteiger partial charge in [-0.25, -0.2) is 8.42 Å². The van der Waals surface area contributed by atoms with Crippen molar-refractivity contribution in [2.24, 2.45) is 5.92 Å². The summed E-state index contributed by atoms with van der Waals surface area (Å²) in [6.07, 6.45) is 4.95. The monoisotopic (exact) mass is 513 g/mol. The van der Waals surface area contributed by atoms with Crippen molar-refractivity contribution in [1.82, 2.24) is 9.62 Å². The molecule has 196 valence electrons. The number of benzene rings is 2. The molecule has 2 saturated heterocycles. The van der Waals surface area contributed by atoms with E-state index in [2.05, 4.69) is 41.4 Å². The summed E-state index contributed by atoms with van der Waals surface area (Å²) in [6, 6.07) is 13.3. The average molecular weight is 514 g/mol. The van der Waals surface area contributed by atoms with Crippen molar-refractivity contribution < 1.29 is 17.9 Å². The van der Waals surface area contributed by atoms with E-state index in [0.717, 1.165) is 43.0 Å². The maximum absolute atomic E-state index is 13.0. The van der Waals surface area contributed by atoms with Crippen molar-refractivity contribution in [3.8, 4) is 5.75 Å². The summed E-state index contributed by atoms with van der Waals surface area (Å²) in [7, 11) is -1.96. The minimum atomic E-state index is -3.52. The lowest BCUT2D eigenvalue weighted by atomic mass is 9.99. The van der Waals surface area contributed by atoms with E-state index in [9.17, 15) is 13.2 Å². The number of amides is 1. The number of hydrogen-bond acceptors (Lipinski definition) is 5. The van der Waals surface area contributed by atoms with Crippen LogP contribution >= 0.6 is 0 Å². The van der Waals surface area contributed by atoms with Crippen LogP contribution in [0.1, 0.15) is 63.1 Å². The molecule has 2 fully saturated rings. The van der Waals surface area contributed by atoms with Crippen LogP contribution < -0.4 is 15.0 Å². The van der Waals surface area contributed by atoms with Crippen molar-refractivity contribution in [3.63, 3.8) is 0 Å². The van der Waals surface area contributed by atoms with E-state index < -0.39 is 10.0 Å². The Balaban J connectivity index is 1.36. The second kappa shape index (κ2) is 11.6. The van der Waals surface area contributed by atoms with E-state index in [1.165, 1.54) is 22.8 Å². The van der Waals surface area contributed by atoms with Gasteiger partial charge in [0.15, 0.2) is 0 Å². The fraction of sp³-hybridized carbons (Fsp3) is 0.536. The number of nitrogens with one attached hydrogen (secondary N) is 1. The number of piperidine rings is 1. The molecule has 2 aliphatic rings. The van der Waals surface area contributed by atoms with Gasteiger partial charge in [-0.05, 0) is 86.4 Å². The lowest BCUT2D eigenvalue weighted by molar-refractivity contribution is -0.121. The second-order valence-electron chi connectivity index (χ2n) is 10.2.